The van der Waals surface area contributed by atoms with Crippen LogP contribution in [0.3, 0.4) is 0 Å². The van der Waals surface area contributed by atoms with E-state index in [2.05, 4.69) is 35.0 Å². The number of hydrogen-bond donors (Lipinski definition) is 1. The van der Waals surface area contributed by atoms with E-state index in [1.807, 2.05) is 19.1 Å². The van der Waals surface area contributed by atoms with Crippen molar-refractivity contribution in [1.82, 2.24) is 0 Å². The van der Waals surface area contributed by atoms with Crippen LogP contribution in [0, 0.1) is 0 Å². The van der Waals surface area contributed by atoms with Gasteiger partial charge in [-0.1, -0.05) is 0 Å². The highest BCUT2D eigenvalue weighted by Crippen LogP contribution is 2.44. The topological polar surface area (TPSA) is 55.8 Å². The van der Waals surface area contributed by atoms with Gasteiger partial charge >= 0.3 is 5.97 Å². The van der Waals surface area contributed by atoms with Crippen LogP contribution in [0.2, 0.25) is 0 Å². The van der Waals surface area contributed by atoms with Crippen LogP contribution < -0.4 is 0 Å². The Labute approximate surface area is 194 Å². The number of methoxy groups -OCH3 is 1. The lowest BCUT2D eigenvalue weighted by Gasteiger charge is -2.18. The number of hydrogen-bond acceptors (Lipinski definition) is 8. The van der Waals surface area contributed by atoms with E-state index in [1.54, 1.807) is 45.3 Å². The van der Waals surface area contributed by atoms with Crippen molar-refractivity contribution in [3.8, 4) is 20.9 Å². The highest BCUT2D eigenvalue weighted by atomic mass is 32.1. The molecule has 4 heterocycles. The predicted octanol–water partition coefficient (Wildman–Crippen LogP) is 7.39. The third kappa shape index (κ3) is 3.73. The van der Waals surface area contributed by atoms with Gasteiger partial charge in [-0.25, -0.2) is 4.79 Å². The van der Waals surface area contributed by atoms with E-state index in [1.165, 1.54) is 25.9 Å². The minimum Gasteiger partial charge on any atom is -0.465 e. The van der Waals surface area contributed by atoms with Crippen molar-refractivity contribution < 1.29 is 19.4 Å². The summed E-state index contributed by atoms with van der Waals surface area (Å²) in [7, 11) is 1.39. The van der Waals surface area contributed by atoms with Gasteiger partial charge in [-0.15, -0.1) is 45.3 Å². The van der Waals surface area contributed by atoms with E-state index < -0.39 is 12.3 Å². The lowest BCUT2D eigenvalue weighted by Crippen LogP contribution is -2.09. The number of ether oxygens (including phenoxy) is 2. The Kier molecular flexibility index (Phi) is 5.68. The first-order valence-corrected chi connectivity index (χ1v) is 13.0. The fraction of sp³-hybridized carbons (Fsp3) is 0.174. The van der Waals surface area contributed by atoms with Crippen molar-refractivity contribution in [3.63, 3.8) is 0 Å². The zero-order valence-electron chi connectivity index (χ0n) is 16.7. The quantitative estimate of drug-likeness (QED) is 0.201. The Hall–Kier alpha value is -2.07. The highest BCUT2D eigenvalue weighted by molar-refractivity contribution is 7.29. The number of benzene rings is 1. The maximum Gasteiger partial charge on any atom is 0.338 e. The third-order valence-electron chi connectivity index (χ3n) is 5.00. The molecule has 0 aliphatic rings. The molecule has 4 aromatic heterocycles. The van der Waals surface area contributed by atoms with Gasteiger partial charge in [0.15, 0.2) is 6.29 Å². The average molecular weight is 487 g/mol. The molecule has 0 aliphatic heterocycles. The zero-order chi connectivity index (χ0) is 21.5. The predicted molar refractivity (Wildman–Crippen MR) is 132 cm³/mol. The molecular formula is C23H18O4S4. The summed E-state index contributed by atoms with van der Waals surface area (Å²) in [5.74, 6) is -0.399. The molecule has 8 heteroatoms. The van der Waals surface area contributed by atoms with E-state index in [0.717, 1.165) is 20.9 Å². The van der Waals surface area contributed by atoms with Crippen LogP contribution in [0.1, 0.15) is 29.1 Å². The van der Waals surface area contributed by atoms with E-state index in [0.29, 0.717) is 17.7 Å². The van der Waals surface area contributed by atoms with Gasteiger partial charge in [0, 0.05) is 51.9 Å². The van der Waals surface area contributed by atoms with Crippen molar-refractivity contribution in [2.75, 3.05) is 13.7 Å². The molecule has 0 saturated heterocycles. The summed E-state index contributed by atoms with van der Waals surface area (Å²) in [6.07, 6.45) is -1.09. The summed E-state index contributed by atoms with van der Waals surface area (Å²) < 4.78 is 15.4. The number of thiophene rings is 4. The van der Waals surface area contributed by atoms with Crippen molar-refractivity contribution >= 4 is 70.1 Å². The molecule has 1 N–H and O–H groups in total. The van der Waals surface area contributed by atoms with E-state index >= 15 is 0 Å². The molecule has 158 valence electrons. The molecule has 1 unspecified atom stereocenters. The number of esters is 1. The Balaban J connectivity index is 1.75. The number of carbonyl (C=O) groups is 1. The maximum atomic E-state index is 12.8. The van der Waals surface area contributed by atoms with E-state index in [4.69, 9.17) is 9.47 Å². The third-order valence-corrected chi connectivity index (χ3v) is 9.25. The summed E-state index contributed by atoms with van der Waals surface area (Å²) >= 11 is 6.60. The molecule has 0 spiro atoms. The van der Waals surface area contributed by atoms with Crippen LogP contribution in [0.4, 0.5) is 0 Å². The van der Waals surface area contributed by atoms with Crippen molar-refractivity contribution in [2.24, 2.45) is 0 Å². The number of fused-ring (bicyclic) bond motifs is 2. The second kappa shape index (κ2) is 8.46. The number of rotatable bonds is 6. The molecule has 0 fully saturated rings. The number of aliphatic hydroxyl groups is 1. The molecule has 4 nitrogen and oxygen atoms in total. The van der Waals surface area contributed by atoms with Crippen LogP contribution in [-0.4, -0.2) is 24.8 Å². The lowest BCUT2D eigenvalue weighted by molar-refractivity contribution is -0.0975. The first-order valence-electron chi connectivity index (χ1n) is 9.59. The van der Waals surface area contributed by atoms with E-state index in [9.17, 15) is 9.90 Å². The summed E-state index contributed by atoms with van der Waals surface area (Å²) in [5.41, 5.74) is 2.67. The van der Waals surface area contributed by atoms with Gasteiger partial charge in [-0.3, -0.25) is 0 Å². The molecule has 0 aliphatic carbocycles. The molecular weight excluding hydrogens is 469 g/mol. The van der Waals surface area contributed by atoms with Crippen LogP contribution in [0.5, 0.6) is 0 Å². The normalized spacial score (nSPS) is 12.6. The van der Waals surface area contributed by atoms with Gasteiger partial charge in [0.1, 0.15) is 0 Å². The van der Waals surface area contributed by atoms with Gasteiger partial charge in [0.25, 0.3) is 0 Å². The van der Waals surface area contributed by atoms with Gasteiger partial charge in [-0.05, 0) is 54.1 Å². The van der Waals surface area contributed by atoms with Crippen LogP contribution in [0.15, 0.2) is 47.2 Å². The second-order valence-corrected chi connectivity index (χ2v) is 10.9. The van der Waals surface area contributed by atoms with Gasteiger partial charge in [0.2, 0.25) is 0 Å². The fourth-order valence-corrected chi connectivity index (χ4v) is 7.85. The van der Waals surface area contributed by atoms with Crippen LogP contribution in [-0.2, 0) is 9.47 Å². The maximum absolute atomic E-state index is 12.8. The first kappa shape index (κ1) is 20.8. The first-order chi connectivity index (χ1) is 15.1. The minimum absolute atomic E-state index is 0.378. The summed E-state index contributed by atoms with van der Waals surface area (Å²) in [4.78, 5) is 14.7. The van der Waals surface area contributed by atoms with Crippen molar-refractivity contribution in [1.29, 1.82) is 0 Å². The molecule has 1 aromatic carbocycles. The summed E-state index contributed by atoms with van der Waals surface area (Å²) in [6, 6.07) is 12.1. The van der Waals surface area contributed by atoms with E-state index in [-0.39, 0.29) is 0 Å². The highest BCUT2D eigenvalue weighted by Gasteiger charge is 2.24. The molecule has 31 heavy (non-hydrogen) atoms. The monoisotopic (exact) mass is 486 g/mol. The zero-order valence-corrected chi connectivity index (χ0v) is 20.0. The molecule has 5 aromatic rings. The Morgan fingerprint density at radius 2 is 1.55 bits per heavy atom. The molecule has 0 amide bonds. The Bertz CT molecular complexity index is 1330. The molecule has 1 atom stereocenters. The smallest absolute Gasteiger partial charge is 0.338 e. The van der Waals surface area contributed by atoms with Crippen molar-refractivity contribution in [2.45, 2.75) is 13.2 Å². The van der Waals surface area contributed by atoms with Gasteiger partial charge < -0.3 is 14.6 Å². The average Bonchev–Trinajstić information content (AvgIpc) is 3.52. The van der Waals surface area contributed by atoms with Gasteiger partial charge in [0.05, 0.1) is 12.7 Å². The molecule has 0 saturated carbocycles. The van der Waals surface area contributed by atoms with Crippen LogP contribution in [0.25, 0.3) is 39.7 Å². The fourth-order valence-electron chi connectivity index (χ4n) is 3.56. The second-order valence-electron chi connectivity index (χ2n) is 6.80. The number of carbonyl (C=O) groups excluding carboxylic acids is 1. The Morgan fingerprint density at radius 1 is 0.935 bits per heavy atom. The molecule has 5 rings (SSSR count). The minimum atomic E-state index is -1.09. The Morgan fingerprint density at radius 3 is 2.10 bits per heavy atom. The van der Waals surface area contributed by atoms with Crippen molar-refractivity contribution in [3.05, 3.63) is 58.3 Å². The molecule has 0 bridgehead atoms. The molecule has 0 radical (unpaired) electrons. The largest absolute Gasteiger partial charge is 0.465 e. The standard InChI is InChI=1S/C23H18O4S4/c1-3-27-23(25)15-9-12(18-10-20-16(30-18)4-6-28-20)14(22(24)26-2)8-13(15)19-11-21-17(31-19)5-7-29-21/h4-11,23,25H,3H2,1-2H3. The van der Waals surface area contributed by atoms with Crippen LogP contribution >= 0.6 is 45.3 Å². The number of aliphatic hydroxyl groups excluding tert-OH is 1. The summed E-state index contributed by atoms with van der Waals surface area (Å²) in [6.45, 7) is 2.23. The van der Waals surface area contributed by atoms with Gasteiger partial charge in [-0.2, -0.15) is 0 Å². The summed E-state index contributed by atoms with van der Waals surface area (Å²) in [5, 5.41) is 14.9. The lowest BCUT2D eigenvalue weighted by atomic mass is 9.95. The SMILES string of the molecule is CCOC(O)c1cc(-c2cc3sccc3s2)c(C(=O)OC)cc1-c1cc2sccc2s1.